The Hall–Kier alpha value is -3.02. The number of amides is 1. The van der Waals surface area contributed by atoms with E-state index < -0.39 is 74.6 Å². The number of likely N-dealkylation sites (N-methyl/N-ethyl adjacent to an activating group) is 1. The van der Waals surface area contributed by atoms with Gasteiger partial charge in [0.05, 0.1) is 37.3 Å². The molecule has 0 radical (unpaired) electrons. The van der Waals surface area contributed by atoms with Gasteiger partial charge in [0.15, 0.2) is 12.0 Å². The number of anilines is 1. The molecule has 11 atom stereocenters. The molecule has 5 heterocycles. The quantitative estimate of drug-likeness (QED) is 0.142. The number of likely N-dealkylation sites (tertiary alicyclic amines) is 1. The highest BCUT2D eigenvalue weighted by molar-refractivity contribution is 5.88. The first-order chi connectivity index (χ1) is 21.5. The van der Waals surface area contributed by atoms with Crippen LogP contribution in [0.1, 0.15) is 19.8 Å². The van der Waals surface area contributed by atoms with Crippen LogP contribution in [-0.2, 0) is 24.7 Å². The summed E-state index contributed by atoms with van der Waals surface area (Å²) in [7, 11) is 1.84. The van der Waals surface area contributed by atoms with Crippen LogP contribution in [0, 0.1) is 17.2 Å². The Morgan fingerprint density at radius 3 is 2.56 bits per heavy atom. The Morgan fingerprint density at radius 1 is 1.16 bits per heavy atom. The SMILES string of the molecule is C[C@@H]1CCN(C(=O)CC#N)C[C@@H]1N(C)c1ncnc2c1ccn2[C@@]1(CO)O[C@H](CO)[C@@H](O[C@@H]2O[C@H](CO)[C@H](O)[C@H](O)[C@H]2O)[C@@H]1O. The van der Waals surface area contributed by atoms with E-state index in [0.717, 1.165) is 6.42 Å². The summed E-state index contributed by atoms with van der Waals surface area (Å²) in [6.45, 7) is 0.844. The van der Waals surface area contributed by atoms with Crippen molar-refractivity contribution in [3.05, 3.63) is 18.6 Å². The first-order valence-electron chi connectivity index (χ1n) is 14.8. The normalized spacial score (nSPS) is 37.1. The average Bonchev–Trinajstić information content (AvgIpc) is 3.60. The number of nitrogens with zero attached hydrogens (tertiary/aromatic N) is 6. The molecule has 2 aromatic rings. The number of aliphatic hydroxyl groups is 7. The van der Waals surface area contributed by atoms with Gasteiger partial charge in [-0.15, -0.1) is 0 Å². The van der Waals surface area contributed by atoms with Crippen molar-refractivity contribution in [2.45, 2.75) is 80.5 Å². The Kier molecular flexibility index (Phi) is 9.91. The van der Waals surface area contributed by atoms with Crippen LogP contribution < -0.4 is 4.90 Å². The molecule has 3 aliphatic heterocycles. The first kappa shape index (κ1) is 33.3. The monoisotopic (exact) mass is 636 g/mol. The van der Waals surface area contributed by atoms with E-state index in [4.69, 9.17) is 19.5 Å². The summed E-state index contributed by atoms with van der Waals surface area (Å²) < 4.78 is 18.7. The molecule has 0 aromatic carbocycles. The summed E-state index contributed by atoms with van der Waals surface area (Å²) in [5.41, 5.74) is -1.66. The zero-order valence-corrected chi connectivity index (χ0v) is 24.9. The fraction of sp³-hybridized carbons (Fsp3) is 0.714. The zero-order chi connectivity index (χ0) is 32.6. The molecule has 3 aliphatic rings. The molecule has 248 valence electrons. The van der Waals surface area contributed by atoms with Gasteiger partial charge in [0.25, 0.3) is 0 Å². The van der Waals surface area contributed by atoms with Crippen molar-refractivity contribution in [2.24, 2.45) is 5.92 Å². The third-order valence-corrected chi connectivity index (χ3v) is 9.24. The number of carbonyl (C=O) groups is 1. The molecule has 7 N–H and O–H groups in total. The Labute approximate surface area is 258 Å². The maximum atomic E-state index is 12.5. The molecule has 17 heteroatoms. The minimum atomic E-state index is -1.93. The number of aromatic nitrogens is 3. The lowest BCUT2D eigenvalue weighted by Crippen LogP contribution is -2.60. The summed E-state index contributed by atoms with van der Waals surface area (Å²) >= 11 is 0. The average molecular weight is 637 g/mol. The molecule has 3 saturated heterocycles. The second kappa shape index (κ2) is 13.4. The number of hydrogen-bond acceptors (Lipinski definition) is 15. The van der Waals surface area contributed by atoms with E-state index in [2.05, 4.69) is 16.9 Å². The number of aliphatic hydroxyl groups excluding tert-OH is 7. The third kappa shape index (κ3) is 5.76. The van der Waals surface area contributed by atoms with Gasteiger partial charge in [0, 0.05) is 26.3 Å². The summed E-state index contributed by atoms with van der Waals surface area (Å²) in [6, 6.07) is 3.45. The van der Waals surface area contributed by atoms with E-state index in [1.165, 1.54) is 17.1 Å². The molecule has 0 unspecified atom stereocenters. The van der Waals surface area contributed by atoms with Crippen LogP contribution in [0.4, 0.5) is 5.82 Å². The van der Waals surface area contributed by atoms with Crippen molar-refractivity contribution >= 4 is 22.8 Å². The molecule has 0 bridgehead atoms. The van der Waals surface area contributed by atoms with Gasteiger partial charge in [-0.1, -0.05) is 6.92 Å². The van der Waals surface area contributed by atoms with Crippen LogP contribution in [0.25, 0.3) is 11.0 Å². The highest BCUT2D eigenvalue weighted by Crippen LogP contribution is 2.41. The lowest BCUT2D eigenvalue weighted by Gasteiger charge is -2.42. The maximum absolute atomic E-state index is 12.5. The van der Waals surface area contributed by atoms with Crippen molar-refractivity contribution in [3.8, 4) is 6.07 Å². The van der Waals surface area contributed by atoms with Crippen LogP contribution in [-0.4, -0.2) is 156 Å². The van der Waals surface area contributed by atoms with Gasteiger partial charge in [-0.2, -0.15) is 5.26 Å². The molecule has 0 spiro atoms. The van der Waals surface area contributed by atoms with Crippen LogP contribution >= 0.6 is 0 Å². The van der Waals surface area contributed by atoms with Gasteiger partial charge < -0.3 is 59.8 Å². The predicted molar refractivity (Wildman–Crippen MR) is 152 cm³/mol. The highest BCUT2D eigenvalue weighted by atomic mass is 16.7. The number of nitriles is 1. The minimum absolute atomic E-state index is 0.141. The molecule has 2 aromatic heterocycles. The number of fused-ring (bicyclic) bond motifs is 1. The molecule has 1 amide bonds. The fourth-order valence-corrected chi connectivity index (χ4v) is 6.54. The van der Waals surface area contributed by atoms with Crippen molar-refractivity contribution < 1.29 is 54.8 Å². The molecule has 17 nitrogen and oxygen atoms in total. The largest absolute Gasteiger partial charge is 0.394 e. The van der Waals surface area contributed by atoms with Gasteiger partial charge in [0.2, 0.25) is 5.91 Å². The molecular weight excluding hydrogens is 596 g/mol. The van der Waals surface area contributed by atoms with E-state index >= 15 is 0 Å². The summed E-state index contributed by atoms with van der Waals surface area (Å²) in [5, 5.41) is 82.2. The minimum Gasteiger partial charge on any atom is -0.394 e. The van der Waals surface area contributed by atoms with Crippen molar-refractivity contribution in [3.63, 3.8) is 0 Å². The summed E-state index contributed by atoms with van der Waals surface area (Å²) in [6.07, 6.45) is -9.01. The van der Waals surface area contributed by atoms with E-state index in [0.29, 0.717) is 24.3 Å². The van der Waals surface area contributed by atoms with E-state index in [9.17, 15) is 40.5 Å². The van der Waals surface area contributed by atoms with E-state index in [1.54, 1.807) is 11.0 Å². The number of ether oxygens (including phenoxy) is 3. The summed E-state index contributed by atoms with van der Waals surface area (Å²) in [4.78, 5) is 25.0. The first-order valence-corrected chi connectivity index (χ1v) is 14.8. The van der Waals surface area contributed by atoms with Crippen LogP contribution in [0.5, 0.6) is 0 Å². The number of piperidine rings is 1. The van der Waals surface area contributed by atoms with E-state index in [1.807, 2.05) is 18.0 Å². The Morgan fingerprint density at radius 2 is 1.89 bits per heavy atom. The van der Waals surface area contributed by atoms with Gasteiger partial charge in [-0.05, 0) is 18.4 Å². The lowest BCUT2D eigenvalue weighted by molar-refractivity contribution is -0.318. The number of carbonyl (C=O) groups excluding carboxylic acids is 1. The molecule has 5 rings (SSSR count). The second-order valence-corrected chi connectivity index (χ2v) is 11.8. The van der Waals surface area contributed by atoms with E-state index in [-0.39, 0.29) is 29.9 Å². The topological polar surface area (TPSA) is 247 Å². The van der Waals surface area contributed by atoms with Crippen LogP contribution in [0.3, 0.4) is 0 Å². The third-order valence-electron chi connectivity index (χ3n) is 9.24. The standard InChI is InChI=1S/C28H40N6O11/c1-14-4-7-33(19(38)3-6-29)9-16(14)32(2)25-15-5-8-34(26(15)31-13-30-25)28(12-37)24(42)23(18(11-36)45-28)44-27-22(41)21(40)20(39)17(10-35)43-27/h5,8,13-14,16-18,20-24,27,35-37,39-42H,3-4,7,9-12H2,1-2H3/t14-,16+,17-,18-,20+,21+,22-,23-,24+,27+,28+/m1/s1. The number of hydrogen-bond donors (Lipinski definition) is 7. The van der Waals surface area contributed by atoms with Crippen LogP contribution in [0.15, 0.2) is 18.6 Å². The second-order valence-electron chi connectivity index (χ2n) is 11.8. The maximum Gasteiger partial charge on any atom is 0.236 e. The van der Waals surface area contributed by atoms with Crippen molar-refractivity contribution in [2.75, 3.05) is 44.9 Å². The summed E-state index contributed by atoms with van der Waals surface area (Å²) in [5.74, 6) is 0.458. The molecule has 0 saturated carbocycles. The van der Waals surface area contributed by atoms with Gasteiger partial charge in [0.1, 0.15) is 66.9 Å². The molecule has 45 heavy (non-hydrogen) atoms. The van der Waals surface area contributed by atoms with Gasteiger partial charge in [-0.3, -0.25) is 9.36 Å². The molecule has 3 fully saturated rings. The molecule has 0 aliphatic carbocycles. The zero-order valence-electron chi connectivity index (χ0n) is 24.9. The smallest absolute Gasteiger partial charge is 0.236 e. The fourth-order valence-electron chi connectivity index (χ4n) is 6.54. The lowest BCUT2D eigenvalue weighted by atomic mass is 9.92. The Balaban J connectivity index is 1.44. The van der Waals surface area contributed by atoms with Gasteiger partial charge in [-0.25, -0.2) is 9.97 Å². The van der Waals surface area contributed by atoms with Gasteiger partial charge >= 0.3 is 0 Å². The predicted octanol–water partition coefficient (Wildman–Crippen LogP) is -3.40. The van der Waals surface area contributed by atoms with Crippen molar-refractivity contribution in [1.29, 1.82) is 5.26 Å². The highest BCUT2D eigenvalue weighted by Gasteiger charge is 2.58. The Bertz CT molecular complexity index is 1390. The van der Waals surface area contributed by atoms with Crippen LogP contribution in [0.2, 0.25) is 0 Å². The number of rotatable bonds is 9. The van der Waals surface area contributed by atoms with Crippen molar-refractivity contribution in [1.82, 2.24) is 19.4 Å². The molecular formula is C28H40N6O11.